The predicted octanol–water partition coefficient (Wildman–Crippen LogP) is 4.18. The summed E-state index contributed by atoms with van der Waals surface area (Å²) < 4.78 is 23.4. The number of carbonyl (C=O) groups excluding carboxylic acids is 2. The molecule has 0 bridgehead atoms. The van der Waals surface area contributed by atoms with Gasteiger partial charge in [0, 0.05) is 0 Å². The van der Waals surface area contributed by atoms with Crippen LogP contribution in [0.3, 0.4) is 0 Å². The number of rotatable bonds is 6. The summed E-state index contributed by atoms with van der Waals surface area (Å²) in [5, 5.41) is 2.81. The number of carbonyl (C=O) groups is 2. The van der Waals surface area contributed by atoms with Crippen LogP contribution < -0.4 is 10.2 Å². The molecule has 0 aliphatic carbocycles. The van der Waals surface area contributed by atoms with E-state index >= 15 is 0 Å². The molecule has 1 heterocycles. The fourth-order valence-electron chi connectivity index (χ4n) is 2.98. The number of amides is 2. The molecule has 142 valence electrons. The quantitative estimate of drug-likeness (QED) is 0.751. The van der Waals surface area contributed by atoms with Crippen LogP contribution in [-0.2, 0) is 18.4 Å². The van der Waals surface area contributed by atoms with Crippen LogP contribution in [0.4, 0.5) is 17.1 Å². The van der Waals surface area contributed by atoms with Crippen molar-refractivity contribution in [1.29, 1.82) is 0 Å². The molecule has 1 aliphatic heterocycles. The first kappa shape index (κ1) is 19.3. The summed E-state index contributed by atoms with van der Waals surface area (Å²) in [5.41, 5.74) is 1.77. The van der Waals surface area contributed by atoms with Crippen LogP contribution in [0.2, 0.25) is 0 Å². The Balaban J connectivity index is 2.08. The maximum absolute atomic E-state index is 13.2. The Morgan fingerprint density at radius 3 is 2.26 bits per heavy atom. The zero-order valence-electron chi connectivity index (χ0n) is 15.2. The maximum atomic E-state index is 13.2. The fourth-order valence-corrected chi connectivity index (χ4v) is 4.50. The van der Waals surface area contributed by atoms with E-state index in [1.807, 2.05) is 0 Å². The minimum atomic E-state index is -3.59. The van der Waals surface area contributed by atoms with E-state index in [9.17, 15) is 14.2 Å². The lowest BCUT2D eigenvalue weighted by Gasteiger charge is -2.26. The number of nitrogens with one attached hydrogen (secondary N) is 1. The van der Waals surface area contributed by atoms with Gasteiger partial charge in [-0.1, -0.05) is 24.3 Å². The minimum absolute atomic E-state index is 0.164. The Morgan fingerprint density at radius 2 is 1.59 bits per heavy atom. The average Bonchev–Trinajstić information content (AvgIpc) is 2.76. The minimum Gasteiger partial charge on any atom is -0.320 e. The third kappa shape index (κ3) is 3.95. The van der Waals surface area contributed by atoms with Crippen molar-refractivity contribution < 1.29 is 23.2 Å². The second kappa shape index (κ2) is 8.05. The Kier molecular flexibility index (Phi) is 5.75. The van der Waals surface area contributed by atoms with Gasteiger partial charge in [-0.15, -0.1) is 0 Å². The Morgan fingerprint density at radius 1 is 1.00 bits per heavy atom. The summed E-state index contributed by atoms with van der Waals surface area (Å²) in [6.45, 7) is 3.71. The van der Waals surface area contributed by atoms with Crippen molar-refractivity contribution in [1.82, 2.24) is 0 Å². The summed E-state index contributed by atoms with van der Waals surface area (Å²) in [6, 6.07) is 13.8. The molecule has 2 aromatic rings. The molecule has 7 nitrogen and oxygen atoms in total. The van der Waals surface area contributed by atoms with Gasteiger partial charge in [-0.3, -0.25) is 19.1 Å². The van der Waals surface area contributed by atoms with Gasteiger partial charge >= 0.3 is 7.60 Å². The lowest BCUT2D eigenvalue weighted by molar-refractivity contribution is -0.115. The van der Waals surface area contributed by atoms with Crippen LogP contribution in [-0.4, -0.2) is 31.2 Å². The van der Waals surface area contributed by atoms with Gasteiger partial charge in [-0.2, -0.15) is 0 Å². The van der Waals surface area contributed by atoms with E-state index in [-0.39, 0.29) is 19.1 Å². The molecule has 0 spiro atoms. The molecule has 0 saturated heterocycles. The van der Waals surface area contributed by atoms with Crippen LogP contribution >= 0.6 is 7.60 Å². The predicted molar refractivity (Wildman–Crippen MR) is 104 cm³/mol. The lowest BCUT2D eigenvalue weighted by Crippen LogP contribution is -2.30. The summed E-state index contributed by atoms with van der Waals surface area (Å²) in [7, 11) is -3.59. The lowest BCUT2D eigenvalue weighted by atomic mass is 10.1. The van der Waals surface area contributed by atoms with Gasteiger partial charge in [0.05, 0.1) is 35.8 Å². The molecular weight excluding hydrogens is 367 g/mol. The zero-order chi connectivity index (χ0) is 19.4. The highest BCUT2D eigenvalue weighted by Gasteiger charge is 2.35. The van der Waals surface area contributed by atoms with Crippen molar-refractivity contribution in [2.24, 2.45) is 0 Å². The topological polar surface area (TPSA) is 84.9 Å². The Bertz CT molecular complexity index is 904. The summed E-state index contributed by atoms with van der Waals surface area (Å²) in [4.78, 5) is 27.2. The van der Waals surface area contributed by atoms with Gasteiger partial charge in [-0.25, -0.2) is 0 Å². The average molecular weight is 388 g/mol. The smallest absolute Gasteiger partial charge is 0.320 e. The first-order valence-corrected chi connectivity index (χ1v) is 10.4. The second-order valence-electron chi connectivity index (χ2n) is 5.82. The highest BCUT2D eigenvalue weighted by molar-refractivity contribution is 7.54. The van der Waals surface area contributed by atoms with E-state index in [1.165, 1.54) is 4.90 Å². The van der Waals surface area contributed by atoms with Crippen molar-refractivity contribution in [3.63, 3.8) is 0 Å². The number of hydrogen-bond acceptors (Lipinski definition) is 5. The van der Waals surface area contributed by atoms with E-state index in [0.29, 0.717) is 22.6 Å². The van der Waals surface area contributed by atoms with Crippen molar-refractivity contribution in [2.75, 3.05) is 29.6 Å². The number of fused-ring (bicyclic) bond motifs is 2. The summed E-state index contributed by atoms with van der Waals surface area (Å²) in [5.74, 6) is -0.789. The van der Waals surface area contributed by atoms with Crippen molar-refractivity contribution in [3.05, 3.63) is 54.1 Å². The van der Waals surface area contributed by atoms with Crippen LogP contribution in [0.25, 0.3) is 0 Å². The normalized spacial score (nSPS) is 13.4. The molecule has 0 saturated carbocycles. The third-order valence-electron chi connectivity index (χ3n) is 4.01. The van der Waals surface area contributed by atoms with Crippen LogP contribution in [0, 0.1) is 0 Å². The van der Waals surface area contributed by atoms with Crippen LogP contribution in [0.1, 0.15) is 24.2 Å². The maximum Gasteiger partial charge on any atom is 0.340 e. The second-order valence-corrected chi connectivity index (χ2v) is 7.88. The van der Waals surface area contributed by atoms with Gasteiger partial charge in [0.2, 0.25) is 5.91 Å². The first-order valence-electron chi connectivity index (χ1n) is 8.69. The van der Waals surface area contributed by atoms with Gasteiger partial charge in [0.1, 0.15) is 6.16 Å². The number of benzene rings is 2. The van der Waals surface area contributed by atoms with E-state index in [0.717, 1.165) is 0 Å². The molecule has 0 radical (unpaired) electrons. The number of anilines is 3. The fraction of sp³-hybridized carbons (Fsp3) is 0.263. The molecule has 2 amide bonds. The summed E-state index contributed by atoms with van der Waals surface area (Å²) in [6.07, 6.45) is -0.425. The van der Waals surface area contributed by atoms with Crippen molar-refractivity contribution >= 4 is 36.5 Å². The molecule has 8 heteroatoms. The molecule has 0 unspecified atom stereocenters. The molecular formula is C19H21N2O5P. The third-order valence-corrected chi connectivity index (χ3v) is 5.97. The standard InChI is InChI=1S/C19H21N2O5P/c1-3-25-27(24,26-4-2)13-18(22)21-16-11-7-5-9-14(16)19(23)20-15-10-6-8-12-17(15)21/h5-12H,3-4,13H2,1-2H3,(H,20,23). The molecule has 1 aliphatic rings. The van der Waals surface area contributed by atoms with Gasteiger partial charge in [0.25, 0.3) is 5.91 Å². The van der Waals surface area contributed by atoms with Gasteiger partial charge in [0.15, 0.2) is 0 Å². The molecule has 2 aromatic carbocycles. The highest BCUT2D eigenvalue weighted by Crippen LogP contribution is 2.49. The van der Waals surface area contributed by atoms with Crippen LogP contribution in [0.15, 0.2) is 48.5 Å². The van der Waals surface area contributed by atoms with Crippen molar-refractivity contribution in [2.45, 2.75) is 13.8 Å². The number of nitrogens with zero attached hydrogens (tertiary/aromatic N) is 1. The Labute approximate surface area is 157 Å². The SMILES string of the molecule is CCOP(=O)(CC(=O)N1c2ccccc2NC(=O)c2ccccc21)OCC. The largest absolute Gasteiger partial charge is 0.340 e. The van der Waals surface area contributed by atoms with Gasteiger partial charge < -0.3 is 14.4 Å². The van der Waals surface area contributed by atoms with E-state index in [4.69, 9.17) is 9.05 Å². The number of para-hydroxylation sites is 3. The van der Waals surface area contributed by atoms with Gasteiger partial charge in [-0.05, 0) is 38.1 Å². The molecule has 27 heavy (non-hydrogen) atoms. The molecule has 1 N–H and O–H groups in total. The molecule has 0 fully saturated rings. The van der Waals surface area contributed by atoms with Crippen molar-refractivity contribution in [3.8, 4) is 0 Å². The first-order chi connectivity index (χ1) is 13.0. The van der Waals surface area contributed by atoms with E-state index in [2.05, 4.69) is 5.32 Å². The summed E-state index contributed by atoms with van der Waals surface area (Å²) >= 11 is 0. The van der Waals surface area contributed by atoms with E-state index in [1.54, 1.807) is 62.4 Å². The molecule has 3 rings (SSSR count). The zero-order valence-corrected chi connectivity index (χ0v) is 16.1. The molecule has 0 aromatic heterocycles. The van der Waals surface area contributed by atoms with Crippen LogP contribution in [0.5, 0.6) is 0 Å². The molecule has 0 atom stereocenters. The monoisotopic (exact) mass is 388 g/mol. The van der Waals surface area contributed by atoms with E-state index < -0.39 is 19.7 Å². The number of hydrogen-bond donors (Lipinski definition) is 1. The Hall–Kier alpha value is -2.47. The highest BCUT2D eigenvalue weighted by atomic mass is 31.2.